The minimum Gasteiger partial charge on any atom is -0.459 e. The molecule has 1 aromatic rings. The lowest BCUT2D eigenvalue weighted by atomic mass is 9.42. The van der Waals surface area contributed by atoms with E-state index in [4.69, 9.17) is 9.47 Å². The van der Waals surface area contributed by atoms with Crippen molar-refractivity contribution in [1.82, 2.24) is 0 Å². The summed E-state index contributed by atoms with van der Waals surface area (Å²) in [6, 6.07) is 6.13. The molecule has 9 heteroatoms. The molecule has 3 N–H and O–H groups in total. The molecule has 0 amide bonds. The van der Waals surface area contributed by atoms with Crippen LogP contribution in [0.25, 0.3) is 6.08 Å². The molecule has 0 unspecified atom stereocenters. The summed E-state index contributed by atoms with van der Waals surface area (Å²) in [5, 5.41) is 37.1. The van der Waals surface area contributed by atoms with E-state index in [-0.39, 0.29) is 37.2 Å². The first-order valence-corrected chi connectivity index (χ1v) is 16.3. The topological polar surface area (TPSA) is 130 Å². The Morgan fingerprint density at radius 2 is 1.70 bits per heavy atom. The minimum absolute atomic E-state index is 0.0463. The molecule has 0 heterocycles. The van der Waals surface area contributed by atoms with E-state index in [1.54, 1.807) is 25.1 Å². The van der Waals surface area contributed by atoms with Gasteiger partial charge in [0.2, 0.25) is 0 Å². The molecule has 0 radical (unpaired) electrons. The van der Waals surface area contributed by atoms with E-state index in [9.17, 15) is 34.1 Å². The van der Waals surface area contributed by atoms with Gasteiger partial charge in [0.05, 0.1) is 5.41 Å². The smallest absolute Gasteiger partial charge is 0.331 e. The quantitative estimate of drug-likeness (QED) is 0.206. The predicted octanol–water partition coefficient (Wildman–Crippen LogP) is 5.39. The Balaban J connectivity index is 1.45. The summed E-state index contributed by atoms with van der Waals surface area (Å²) in [6.45, 7) is 10.6. The van der Waals surface area contributed by atoms with E-state index < -0.39 is 69.3 Å². The van der Waals surface area contributed by atoms with Gasteiger partial charge in [-0.05, 0) is 82.8 Å². The van der Waals surface area contributed by atoms with Crippen molar-refractivity contribution in [3.63, 3.8) is 0 Å². The Kier molecular flexibility index (Phi) is 8.80. The van der Waals surface area contributed by atoms with Crippen LogP contribution in [0.3, 0.4) is 0 Å². The van der Waals surface area contributed by atoms with Crippen molar-refractivity contribution in [2.24, 2.45) is 22.7 Å². The highest BCUT2D eigenvalue weighted by atomic mass is 19.1. The van der Waals surface area contributed by atoms with Crippen LogP contribution in [0, 0.1) is 28.5 Å². The van der Waals surface area contributed by atoms with Crippen LogP contribution in [0.4, 0.5) is 4.39 Å². The minimum atomic E-state index is -2.02. The highest BCUT2D eigenvalue weighted by Gasteiger charge is 2.81. The molecule has 46 heavy (non-hydrogen) atoms. The molecule has 0 aromatic heterocycles. The molecule has 5 rings (SSSR count). The fourth-order valence-corrected chi connectivity index (χ4v) is 8.96. The molecule has 3 fully saturated rings. The maximum atomic E-state index is 14.0. The van der Waals surface area contributed by atoms with Crippen LogP contribution in [0.15, 0.2) is 53.6 Å². The molecule has 0 saturated heterocycles. The first-order valence-electron chi connectivity index (χ1n) is 16.3. The second kappa shape index (κ2) is 11.8. The highest BCUT2D eigenvalue weighted by Crippen LogP contribution is 2.71. The third-order valence-electron chi connectivity index (χ3n) is 12.2. The van der Waals surface area contributed by atoms with Gasteiger partial charge in [0, 0.05) is 30.1 Å². The van der Waals surface area contributed by atoms with E-state index in [0.717, 1.165) is 11.1 Å². The average molecular weight is 639 g/mol. The van der Waals surface area contributed by atoms with Gasteiger partial charge in [0.25, 0.3) is 0 Å². The van der Waals surface area contributed by atoms with Crippen molar-refractivity contribution in [2.45, 2.75) is 115 Å². The summed E-state index contributed by atoms with van der Waals surface area (Å²) in [4.78, 5) is 38.9. The Bertz CT molecular complexity index is 1510. The van der Waals surface area contributed by atoms with Gasteiger partial charge in [-0.1, -0.05) is 56.2 Å². The molecule has 0 spiro atoms. The van der Waals surface area contributed by atoms with Crippen molar-refractivity contribution < 1.29 is 43.6 Å². The van der Waals surface area contributed by atoms with E-state index in [1.807, 2.05) is 33.8 Å². The summed E-state index contributed by atoms with van der Waals surface area (Å²) in [6.07, 6.45) is 5.85. The summed E-state index contributed by atoms with van der Waals surface area (Å²) in [7, 11) is 0. The van der Waals surface area contributed by atoms with Gasteiger partial charge in [-0.25, -0.2) is 14.0 Å². The third-order valence-corrected chi connectivity index (χ3v) is 12.2. The first kappa shape index (κ1) is 34.2. The van der Waals surface area contributed by atoms with Crippen molar-refractivity contribution in [3.8, 4) is 0 Å². The Hall–Kier alpha value is -3.14. The largest absolute Gasteiger partial charge is 0.459 e. The number of ketones is 1. The first-order chi connectivity index (χ1) is 21.4. The molecule has 1 aromatic carbocycles. The number of Topliss-reactive ketones (excluding diaryl/α,β-unsaturated/α-hetero) is 1. The van der Waals surface area contributed by atoms with Gasteiger partial charge in [-0.15, -0.1) is 0 Å². The van der Waals surface area contributed by atoms with Crippen LogP contribution in [-0.4, -0.2) is 62.1 Å². The van der Waals surface area contributed by atoms with E-state index >= 15 is 0 Å². The summed E-state index contributed by atoms with van der Waals surface area (Å²) in [5.74, 6) is -2.69. The monoisotopic (exact) mass is 638 g/mol. The number of halogens is 1. The van der Waals surface area contributed by atoms with Gasteiger partial charge in [-0.3, -0.25) is 4.79 Å². The van der Waals surface area contributed by atoms with E-state index in [2.05, 4.69) is 0 Å². The van der Waals surface area contributed by atoms with Gasteiger partial charge < -0.3 is 24.8 Å². The second-order valence-corrected chi connectivity index (χ2v) is 14.7. The number of aliphatic hydroxyl groups is 3. The van der Waals surface area contributed by atoms with Crippen molar-refractivity contribution in [3.05, 3.63) is 65.0 Å². The molecule has 4 aliphatic carbocycles. The lowest BCUT2D eigenvalue weighted by molar-refractivity contribution is -0.314. The molecule has 8 nitrogen and oxygen atoms in total. The number of ether oxygens (including phenoxy) is 2. The van der Waals surface area contributed by atoms with Crippen molar-refractivity contribution >= 4 is 23.8 Å². The zero-order chi connectivity index (χ0) is 33.9. The molecule has 8 atom stereocenters. The SMILES string of the molecule is CC(=O)[C@]1(O)CC[C@@]2(O)[C@]1(C)[C@H](OC(=O)/C=C(\C)C(C)C)C[C@@H]1[C@@]3(C)CC[C@H](OC(=O)/C=C/c4ccccc4F)CC3=CC[C@]12O. The molecule has 0 aliphatic heterocycles. The number of carbonyl (C=O) groups is 3. The Labute approximate surface area is 270 Å². The zero-order valence-corrected chi connectivity index (χ0v) is 27.6. The normalized spacial score (nSPS) is 38.9. The lowest BCUT2D eigenvalue weighted by Crippen LogP contribution is -2.78. The molecular weight excluding hydrogens is 591 g/mol. The van der Waals surface area contributed by atoms with Crippen LogP contribution in [0.1, 0.15) is 92.1 Å². The maximum Gasteiger partial charge on any atom is 0.331 e. The summed E-state index contributed by atoms with van der Waals surface area (Å²) >= 11 is 0. The molecule has 250 valence electrons. The van der Waals surface area contributed by atoms with Crippen LogP contribution < -0.4 is 0 Å². The number of esters is 2. The number of benzene rings is 1. The van der Waals surface area contributed by atoms with Gasteiger partial charge in [-0.2, -0.15) is 0 Å². The van der Waals surface area contributed by atoms with Gasteiger partial charge in [0.15, 0.2) is 5.78 Å². The van der Waals surface area contributed by atoms with E-state index in [1.165, 1.54) is 31.2 Å². The standard InChI is InChI=1S/C37H47FO8/c1-22(2)23(3)19-32(41)46-30-21-29-33(5)15-14-27(45-31(40)12-11-25-9-7-8-10-28(25)38)20-26(33)13-16-36(29,43)37(44)18-17-35(42,24(4)39)34(30,37)6/h7-13,19,22,27,29-30,42-44H,14-18,20-21H2,1-6H3/b12-11+,23-19+/t27-,29+,30+,33-,34+,35+,36-,37+/m0/s1. The number of fused-ring (bicyclic) bond motifs is 5. The highest BCUT2D eigenvalue weighted by molar-refractivity contribution is 5.88. The Morgan fingerprint density at radius 3 is 2.35 bits per heavy atom. The summed E-state index contributed by atoms with van der Waals surface area (Å²) in [5.41, 5.74) is -5.96. The average Bonchev–Trinajstić information content (AvgIpc) is 3.22. The number of allylic oxidation sites excluding steroid dienone is 1. The van der Waals surface area contributed by atoms with E-state index in [0.29, 0.717) is 19.3 Å². The van der Waals surface area contributed by atoms with Crippen molar-refractivity contribution in [1.29, 1.82) is 0 Å². The number of hydrogen-bond acceptors (Lipinski definition) is 8. The fourth-order valence-electron chi connectivity index (χ4n) is 8.96. The zero-order valence-electron chi connectivity index (χ0n) is 27.6. The fraction of sp³-hybridized carbons (Fsp3) is 0.595. The molecule has 4 aliphatic rings. The van der Waals surface area contributed by atoms with Crippen LogP contribution in [0.2, 0.25) is 0 Å². The van der Waals surface area contributed by atoms with Crippen LogP contribution in [-0.2, 0) is 23.9 Å². The number of carbonyl (C=O) groups excluding carboxylic acids is 3. The second-order valence-electron chi connectivity index (χ2n) is 14.7. The predicted molar refractivity (Wildman–Crippen MR) is 169 cm³/mol. The third kappa shape index (κ3) is 5.10. The number of hydrogen-bond donors (Lipinski definition) is 3. The van der Waals surface area contributed by atoms with Crippen LogP contribution >= 0.6 is 0 Å². The van der Waals surface area contributed by atoms with Gasteiger partial charge >= 0.3 is 11.9 Å². The maximum absolute atomic E-state index is 14.0. The molecule has 0 bridgehead atoms. The van der Waals surface area contributed by atoms with Crippen molar-refractivity contribution in [2.75, 3.05) is 0 Å². The number of rotatable bonds is 7. The molecule has 3 saturated carbocycles. The lowest BCUT2D eigenvalue weighted by Gasteiger charge is -2.67. The van der Waals surface area contributed by atoms with Crippen LogP contribution in [0.5, 0.6) is 0 Å². The van der Waals surface area contributed by atoms with Gasteiger partial charge in [0.1, 0.15) is 34.8 Å². The Morgan fingerprint density at radius 1 is 1.00 bits per heavy atom. The molecular formula is C37H47FO8. The summed E-state index contributed by atoms with van der Waals surface area (Å²) < 4.78 is 25.8.